The lowest BCUT2D eigenvalue weighted by atomic mass is 10.1. The van der Waals surface area contributed by atoms with E-state index in [0.717, 1.165) is 7.11 Å². The fourth-order valence-corrected chi connectivity index (χ4v) is 1.47. The summed E-state index contributed by atoms with van der Waals surface area (Å²) in [6, 6.07) is 4.44. The molecule has 108 valence electrons. The second kappa shape index (κ2) is 7.13. The quantitative estimate of drug-likeness (QED) is 0.749. The molecule has 0 aliphatic heterocycles. The van der Waals surface area contributed by atoms with Crippen LogP contribution in [-0.2, 0) is 19.1 Å². The van der Waals surface area contributed by atoms with Crippen LogP contribution in [0.3, 0.4) is 0 Å². The number of phenolic OH excluding ortho intramolecular Hbond substituents is 1. The first-order valence-electron chi connectivity index (χ1n) is 5.72. The van der Waals surface area contributed by atoms with Crippen LogP contribution in [-0.4, -0.2) is 43.2 Å². The third-order valence-electron chi connectivity index (χ3n) is 2.50. The molecule has 0 aliphatic carbocycles. The highest BCUT2D eigenvalue weighted by Gasteiger charge is 2.25. The van der Waals surface area contributed by atoms with Crippen molar-refractivity contribution in [3.05, 3.63) is 29.8 Å². The summed E-state index contributed by atoms with van der Waals surface area (Å²) in [6.07, 6.45) is -0.340. The number of ether oxygens (including phenoxy) is 2. The molecule has 7 nitrogen and oxygen atoms in total. The van der Waals surface area contributed by atoms with Gasteiger partial charge < -0.3 is 19.9 Å². The second-order valence-electron chi connectivity index (χ2n) is 3.88. The summed E-state index contributed by atoms with van der Waals surface area (Å²) < 4.78 is 8.95. The minimum absolute atomic E-state index is 0.0831. The molecule has 0 heterocycles. The third-order valence-corrected chi connectivity index (χ3v) is 2.50. The van der Waals surface area contributed by atoms with Gasteiger partial charge in [-0.1, -0.05) is 6.07 Å². The van der Waals surface area contributed by atoms with Gasteiger partial charge in [0.1, 0.15) is 11.8 Å². The average molecular weight is 281 g/mol. The maximum Gasteiger partial charge on any atom is 0.328 e. The number of hydrogen-bond acceptors (Lipinski definition) is 6. The molecule has 0 fully saturated rings. The van der Waals surface area contributed by atoms with Crippen molar-refractivity contribution >= 4 is 17.8 Å². The molecule has 7 heteroatoms. The fourth-order valence-electron chi connectivity index (χ4n) is 1.47. The number of nitrogens with one attached hydrogen (secondary N) is 1. The highest BCUT2D eigenvalue weighted by atomic mass is 16.5. The van der Waals surface area contributed by atoms with Crippen molar-refractivity contribution in [3.8, 4) is 5.75 Å². The van der Waals surface area contributed by atoms with E-state index in [0.29, 0.717) is 0 Å². The molecule has 0 radical (unpaired) electrons. The van der Waals surface area contributed by atoms with Crippen LogP contribution in [0.4, 0.5) is 0 Å². The highest BCUT2D eigenvalue weighted by Crippen LogP contribution is 2.11. The van der Waals surface area contributed by atoms with Gasteiger partial charge in [-0.25, -0.2) is 4.79 Å². The number of methoxy groups -OCH3 is 2. The van der Waals surface area contributed by atoms with E-state index < -0.39 is 23.9 Å². The molecule has 2 N–H and O–H groups in total. The van der Waals surface area contributed by atoms with Crippen molar-refractivity contribution in [1.82, 2.24) is 5.32 Å². The lowest BCUT2D eigenvalue weighted by Crippen LogP contribution is -2.43. The Kier molecular flexibility index (Phi) is 5.52. The van der Waals surface area contributed by atoms with Crippen LogP contribution in [0.25, 0.3) is 0 Å². The lowest BCUT2D eigenvalue weighted by Gasteiger charge is -2.15. The van der Waals surface area contributed by atoms with Gasteiger partial charge in [0.2, 0.25) is 0 Å². The minimum Gasteiger partial charge on any atom is -0.508 e. The summed E-state index contributed by atoms with van der Waals surface area (Å²) in [5, 5.41) is 11.6. The SMILES string of the molecule is COC(=O)C[C@@H](NC(=O)c1cccc(O)c1)C(=O)OC. The molecular formula is C13H15NO6. The zero-order valence-electron chi connectivity index (χ0n) is 11.1. The molecule has 0 bridgehead atoms. The van der Waals surface area contributed by atoms with E-state index in [1.54, 1.807) is 0 Å². The summed E-state index contributed by atoms with van der Waals surface area (Å²) in [4.78, 5) is 34.6. The summed E-state index contributed by atoms with van der Waals surface area (Å²) in [5.41, 5.74) is 0.156. The van der Waals surface area contributed by atoms with Gasteiger partial charge in [0, 0.05) is 5.56 Å². The number of hydrogen-bond donors (Lipinski definition) is 2. The Bertz CT molecular complexity index is 513. The van der Waals surface area contributed by atoms with E-state index in [2.05, 4.69) is 14.8 Å². The monoisotopic (exact) mass is 281 g/mol. The van der Waals surface area contributed by atoms with Gasteiger partial charge in [0.15, 0.2) is 0 Å². The first-order chi connectivity index (χ1) is 9.47. The molecule has 0 unspecified atom stereocenters. The van der Waals surface area contributed by atoms with Gasteiger partial charge in [0.25, 0.3) is 5.91 Å². The van der Waals surface area contributed by atoms with Crippen LogP contribution < -0.4 is 5.32 Å². The number of esters is 2. The number of aromatic hydroxyl groups is 1. The average Bonchev–Trinajstić information content (AvgIpc) is 2.45. The molecule has 1 rings (SSSR count). The largest absolute Gasteiger partial charge is 0.508 e. The molecule has 1 amide bonds. The van der Waals surface area contributed by atoms with E-state index in [1.165, 1.54) is 31.4 Å². The molecule has 1 aromatic carbocycles. The molecule has 20 heavy (non-hydrogen) atoms. The van der Waals surface area contributed by atoms with Crippen molar-refractivity contribution in [1.29, 1.82) is 0 Å². The Balaban J connectivity index is 2.81. The van der Waals surface area contributed by atoms with Gasteiger partial charge in [-0.05, 0) is 18.2 Å². The smallest absolute Gasteiger partial charge is 0.328 e. The standard InChI is InChI=1S/C13H15NO6/c1-19-11(16)7-10(13(18)20-2)14-12(17)8-4-3-5-9(15)6-8/h3-6,10,15H,7H2,1-2H3,(H,14,17)/t10-/m1/s1. The maximum atomic E-state index is 11.9. The molecular weight excluding hydrogens is 266 g/mol. The lowest BCUT2D eigenvalue weighted by molar-refractivity contribution is -0.149. The third kappa shape index (κ3) is 4.27. The molecule has 1 atom stereocenters. The molecule has 0 spiro atoms. The van der Waals surface area contributed by atoms with Crippen LogP contribution in [0.15, 0.2) is 24.3 Å². The van der Waals surface area contributed by atoms with E-state index in [-0.39, 0.29) is 17.7 Å². The predicted molar refractivity (Wildman–Crippen MR) is 68.0 cm³/mol. The number of rotatable bonds is 5. The van der Waals surface area contributed by atoms with Crippen molar-refractivity contribution in [2.75, 3.05) is 14.2 Å². The number of benzene rings is 1. The van der Waals surface area contributed by atoms with Gasteiger partial charge >= 0.3 is 11.9 Å². The number of carbonyl (C=O) groups excluding carboxylic acids is 3. The Labute approximate surface area is 115 Å². The normalized spacial score (nSPS) is 11.3. The summed E-state index contributed by atoms with van der Waals surface area (Å²) in [5.74, 6) is -2.11. The van der Waals surface area contributed by atoms with Crippen LogP contribution in [0.1, 0.15) is 16.8 Å². The Morgan fingerprint density at radius 3 is 2.50 bits per heavy atom. The predicted octanol–water partition coefficient (Wildman–Crippen LogP) is 0.227. The zero-order chi connectivity index (χ0) is 15.1. The van der Waals surface area contributed by atoms with E-state index >= 15 is 0 Å². The molecule has 1 aromatic rings. The first kappa shape index (κ1) is 15.5. The van der Waals surface area contributed by atoms with E-state index in [4.69, 9.17) is 0 Å². The summed E-state index contributed by atoms with van der Waals surface area (Å²) in [7, 11) is 2.32. The summed E-state index contributed by atoms with van der Waals surface area (Å²) >= 11 is 0. The van der Waals surface area contributed by atoms with Crippen LogP contribution in [0.5, 0.6) is 5.75 Å². The van der Waals surface area contributed by atoms with Crippen molar-refractivity contribution in [2.45, 2.75) is 12.5 Å². The van der Waals surface area contributed by atoms with Crippen molar-refractivity contribution < 1.29 is 29.0 Å². The van der Waals surface area contributed by atoms with Gasteiger partial charge in [-0.2, -0.15) is 0 Å². The fraction of sp³-hybridized carbons (Fsp3) is 0.308. The molecule has 0 saturated heterocycles. The summed E-state index contributed by atoms with van der Waals surface area (Å²) in [6.45, 7) is 0. The molecule has 0 aliphatic rings. The van der Waals surface area contributed by atoms with Gasteiger partial charge in [0.05, 0.1) is 20.6 Å². The maximum absolute atomic E-state index is 11.9. The number of amides is 1. The van der Waals surface area contributed by atoms with Crippen LogP contribution >= 0.6 is 0 Å². The van der Waals surface area contributed by atoms with Crippen LogP contribution in [0, 0.1) is 0 Å². The Morgan fingerprint density at radius 1 is 1.25 bits per heavy atom. The Morgan fingerprint density at radius 2 is 1.95 bits per heavy atom. The van der Waals surface area contributed by atoms with E-state index in [1.807, 2.05) is 0 Å². The van der Waals surface area contributed by atoms with Gasteiger partial charge in [-0.3, -0.25) is 9.59 Å². The number of phenols is 1. The van der Waals surface area contributed by atoms with Crippen LogP contribution in [0.2, 0.25) is 0 Å². The van der Waals surface area contributed by atoms with Crippen molar-refractivity contribution in [2.24, 2.45) is 0 Å². The Hall–Kier alpha value is -2.57. The zero-order valence-corrected chi connectivity index (χ0v) is 11.1. The first-order valence-corrected chi connectivity index (χ1v) is 5.72. The molecule has 0 saturated carbocycles. The van der Waals surface area contributed by atoms with Gasteiger partial charge in [-0.15, -0.1) is 0 Å². The molecule has 0 aromatic heterocycles. The minimum atomic E-state index is -1.15. The van der Waals surface area contributed by atoms with Crippen molar-refractivity contribution in [3.63, 3.8) is 0 Å². The second-order valence-corrected chi connectivity index (χ2v) is 3.88. The highest BCUT2D eigenvalue weighted by molar-refractivity contribution is 5.97. The topological polar surface area (TPSA) is 102 Å². The van der Waals surface area contributed by atoms with E-state index in [9.17, 15) is 19.5 Å². The number of carbonyl (C=O) groups is 3.